The van der Waals surface area contributed by atoms with Crippen LogP contribution in [0, 0.1) is 19.3 Å². The summed E-state index contributed by atoms with van der Waals surface area (Å²) in [6.45, 7) is 9.62. The minimum atomic E-state index is -1.43. The number of allylic oxidation sites excluding steroid dienone is 4. The fraction of sp³-hybridized carbons (Fsp3) is 0.524. The zero-order chi connectivity index (χ0) is 19.3. The summed E-state index contributed by atoms with van der Waals surface area (Å²) in [5.74, 6) is 1.36. The number of hydrogen-bond donors (Lipinski definition) is 0. The summed E-state index contributed by atoms with van der Waals surface area (Å²) in [5, 5.41) is 4.55. The van der Waals surface area contributed by atoms with Gasteiger partial charge in [0.1, 0.15) is 8.24 Å². The Morgan fingerprint density at radius 3 is 2.54 bits per heavy atom. The van der Waals surface area contributed by atoms with E-state index in [1.54, 1.807) is 0 Å². The van der Waals surface area contributed by atoms with E-state index >= 15 is 0 Å². The molecule has 7 heteroatoms. The van der Waals surface area contributed by atoms with E-state index in [-0.39, 0.29) is 7.43 Å². The molecule has 3 aliphatic rings. The summed E-state index contributed by atoms with van der Waals surface area (Å²) in [4.78, 5) is 4.63. The van der Waals surface area contributed by atoms with Crippen molar-refractivity contribution in [3.05, 3.63) is 61.1 Å². The second kappa shape index (κ2) is 11.5. The first-order valence-corrected chi connectivity index (χ1v) is 17.1. The number of halogens is 2. The Morgan fingerprint density at radius 1 is 1.18 bits per heavy atom. The molecular weight excluding hydrogens is 441 g/mol. The molecule has 1 saturated heterocycles. The molecule has 0 spiro atoms. The molecule has 1 saturated carbocycles. The van der Waals surface area contributed by atoms with Crippen LogP contribution in [-0.4, -0.2) is 44.0 Å². The van der Waals surface area contributed by atoms with E-state index in [0.717, 1.165) is 18.6 Å². The summed E-state index contributed by atoms with van der Waals surface area (Å²) in [5.41, 5.74) is 3.49. The molecule has 0 bridgehead atoms. The monoisotopic (exact) mass is 471 g/mol. The Hall–Kier alpha value is 0.0612. The summed E-state index contributed by atoms with van der Waals surface area (Å²) in [6.07, 6.45) is 11.7. The second-order valence-electron chi connectivity index (χ2n) is 7.97. The number of rotatable bonds is 3. The first kappa shape index (κ1) is 24.3. The predicted molar refractivity (Wildman–Crippen MR) is 122 cm³/mol. The van der Waals surface area contributed by atoms with Gasteiger partial charge in [-0.15, -0.1) is 13.1 Å². The van der Waals surface area contributed by atoms with Crippen LogP contribution in [0.5, 0.6) is 0 Å². The van der Waals surface area contributed by atoms with Crippen LogP contribution in [0.15, 0.2) is 42.6 Å². The predicted octanol–water partition coefficient (Wildman–Crippen LogP) is 6.15. The molecule has 0 aromatic carbocycles. The minimum absolute atomic E-state index is 0. The Kier molecular flexibility index (Phi) is 9.95. The van der Waals surface area contributed by atoms with Gasteiger partial charge >= 0.3 is 35.6 Å². The normalized spacial score (nSPS) is 27.0. The van der Waals surface area contributed by atoms with Crippen molar-refractivity contribution in [2.24, 2.45) is 11.8 Å². The maximum atomic E-state index is 4.89. The number of fused-ring (bicyclic) bond motifs is 1. The fourth-order valence-corrected chi connectivity index (χ4v) is 9.10. The molecule has 28 heavy (non-hydrogen) atoms. The third-order valence-corrected chi connectivity index (χ3v) is 11.0. The molecule has 0 N–H and O–H groups in total. The Bertz CT molecular complexity index is 663. The zero-order valence-corrected chi connectivity index (χ0v) is 21.2. The zero-order valence-electron chi connectivity index (χ0n) is 17.1. The molecule has 3 nitrogen and oxygen atoms in total. The number of nitrogens with zero attached hydrogens (tertiary/aromatic N) is 3. The molecule has 2 heterocycles. The van der Waals surface area contributed by atoms with Crippen LogP contribution in [0.3, 0.4) is 0 Å². The van der Waals surface area contributed by atoms with Crippen molar-refractivity contribution in [3.8, 4) is 0 Å². The second-order valence-corrected chi connectivity index (χ2v) is 15.2. The summed E-state index contributed by atoms with van der Waals surface area (Å²) in [6, 6.07) is 6.29. The van der Waals surface area contributed by atoms with Gasteiger partial charge in [-0.1, -0.05) is 43.8 Å². The van der Waals surface area contributed by atoms with Gasteiger partial charge in [-0.05, 0) is 54.6 Å². The van der Waals surface area contributed by atoms with Crippen LogP contribution in [0.25, 0.3) is 10.9 Å². The molecule has 2 aliphatic carbocycles. The van der Waals surface area contributed by atoms with Crippen LogP contribution in [0.1, 0.15) is 18.5 Å². The van der Waals surface area contributed by atoms with Gasteiger partial charge in [0.15, 0.2) is 0 Å². The quantitative estimate of drug-likeness (QED) is 0.390. The first-order valence-electron chi connectivity index (χ1n) is 9.74. The number of piperazine rings is 1. The van der Waals surface area contributed by atoms with E-state index in [1.165, 1.54) is 37.2 Å². The molecule has 2 fully saturated rings. The maximum absolute atomic E-state index is 4.89. The van der Waals surface area contributed by atoms with Crippen LogP contribution in [0.2, 0.25) is 18.6 Å². The molecule has 1 aliphatic heterocycles. The van der Waals surface area contributed by atoms with E-state index < -0.39 is 25.3 Å². The third-order valence-electron chi connectivity index (χ3n) is 6.47. The number of hydrogen-bond acceptors (Lipinski definition) is 2. The van der Waals surface area contributed by atoms with Gasteiger partial charge in [-0.2, -0.15) is 0 Å². The molecule has 4 rings (SSSR count). The van der Waals surface area contributed by atoms with Crippen molar-refractivity contribution >= 4 is 32.4 Å². The van der Waals surface area contributed by atoms with Crippen LogP contribution < -0.4 is 0 Å². The van der Waals surface area contributed by atoms with E-state index in [2.05, 4.69) is 58.3 Å². The van der Waals surface area contributed by atoms with Crippen molar-refractivity contribution in [3.63, 3.8) is 0 Å². The van der Waals surface area contributed by atoms with Crippen molar-refractivity contribution in [1.29, 1.82) is 0 Å². The van der Waals surface area contributed by atoms with E-state index in [1.807, 2.05) is 12.3 Å². The average molecular weight is 472 g/mol. The first-order chi connectivity index (χ1) is 13.1. The molecular formula is C21H31Cl2N3SiTi-2. The number of pyridine rings is 1. The van der Waals surface area contributed by atoms with E-state index in [0.29, 0.717) is 11.8 Å². The van der Waals surface area contributed by atoms with Crippen LogP contribution in [0.4, 0.5) is 0 Å². The summed E-state index contributed by atoms with van der Waals surface area (Å²) in [7, 11) is 8.34. The van der Waals surface area contributed by atoms with Crippen molar-refractivity contribution in [2.45, 2.75) is 31.5 Å². The SMILES string of the molecule is C[Si](C)(C1CCC2C(c3ccccn3)=CC=CC21)N1CC[N-]CC1.[CH3-].[Cl][Ti][Cl]. The van der Waals surface area contributed by atoms with Crippen molar-refractivity contribution in [1.82, 2.24) is 9.55 Å². The fourth-order valence-electron chi connectivity index (χ4n) is 5.12. The van der Waals surface area contributed by atoms with Gasteiger partial charge in [0.2, 0.25) is 0 Å². The van der Waals surface area contributed by atoms with Gasteiger partial charge < -0.3 is 17.3 Å². The average Bonchev–Trinajstić information content (AvgIpc) is 3.15. The summed E-state index contributed by atoms with van der Waals surface area (Å²) < 4.78 is 2.82. The van der Waals surface area contributed by atoms with Gasteiger partial charge in [-0.3, -0.25) is 4.98 Å². The van der Waals surface area contributed by atoms with Gasteiger partial charge in [0.25, 0.3) is 0 Å². The van der Waals surface area contributed by atoms with Gasteiger partial charge in [-0.25, -0.2) is 0 Å². The molecule has 3 unspecified atom stereocenters. The molecule has 154 valence electrons. The molecule has 1 aromatic heterocycles. The van der Waals surface area contributed by atoms with Crippen LogP contribution in [-0.2, 0) is 17.0 Å². The third kappa shape index (κ3) is 5.40. The molecule has 0 amide bonds. The molecule has 3 atom stereocenters. The van der Waals surface area contributed by atoms with Crippen molar-refractivity contribution < 1.29 is 17.0 Å². The Labute approximate surface area is 188 Å². The topological polar surface area (TPSA) is 30.2 Å². The summed E-state index contributed by atoms with van der Waals surface area (Å²) >= 11 is -0.556. The standard InChI is InChI=1S/C20H28N3Si.CH3.2ClH.Ti/c1-24(2,23-14-12-21-13-15-23)20-10-9-16-17(6-5-7-18(16)20)19-8-3-4-11-22-19;;;;/h3-8,11,16,18,20H,9-10,12-15H2,1-2H3;1H3;2*1H;/q2*-1;;;+2/p-2. The van der Waals surface area contributed by atoms with E-state index in [9.17, 15) is 0 Å². The van der Waals surface area contributed by atoms with Crippen molar-refractivity contribution in [2.75, 3.05) is 26.2 Å². The van der Waals surface area contributed by atoms with Gasteiger partial charge in [0, 0.05) is 6.20 Å². The number of aromatic nitrogens is 1. The molecule has 1 aromatic rings. The Morgan fingerprint density at radius 2 is 1.89 bits per heavy atom. The van der Waals surface area contributed by atoms with Crippen LogP contribution >= 0.6 is 18.6 Å². The van der Waals surface area contributed by atoms with Gasteiger partial charge in [0.05, 0.1) is 5.69 Å². The van der Waals surface area contributed by atoms with E-state index in [4.69, 9.17) is 18.6 Å². The molecule has 0 radical (unpaired) electrons. The Balaban J connectivity index is 0.000000660.